The lowest BCUT2D eigenvalue weighted by atomic mass is 10.1. The van der Waals surface area contributed by atoms with Crippen LogP contribution in [0.1, 0.15) is 17.5 Å². The van der Waals surface area contributed by atoms with Crippen molar-refractivity contribution in [2.75, 3.05) is 0 Å². The number of rotatable bonds is 0. The molecule has 0 bridgehead atoms. The molecule has 0 spiro atoms. The number of benzene rings is 3. The van der Waals surface area contributed by atoms with Gasteiger partial charge < -0.3 is 0 Å². The number of aryl methyl sites for hydroxylation is 2. The zero-order valence-electron chi connectivity index (χ0n) is 14.0. The summed E-state index contributed by atoms with van der Waals surface area (Å²) < 4.78 is 0. The highest BCUT2D eigenvalue weighted by Crippen LogP contribution is 2.20. The van der Waals surface area contributed by atoms with Crippen molar-refractivity contribution in [3.63, 3.8) is 0 Å². The van der Waals surface area contributed by atoms with E-state index in [0.717, 1.165) is 0 Å². The molecule has 4 nitrogen and oxygen atoms in total. The number of aromatic nitrogens is 4. The van der Waals surface area contributed by atoms with Gasteiger partial charge in [0.2, 0.25) is 0 Å². The van der Waals surface area contributed by atoms with E-state index in [4.69, 9.17) is 0 Å². The minimum atomic E-state index is 1.30. The first-order chi connectivity index (χ1) is 12.4. The molecule has 3 aromatic carbocycles. The Balaban J connectivity index is 0.000000113. The normalized spacial score (nSPS) is 11.5. The largest absolute Gasteiger partial charge is 0.136 e. The van der Waals surface area contributed by atoms with Crippen LogP contribution in [0.3, 0.4) is 0 Å². The van der Waals surface area contributed by atoms with Crippen molar-refractivity contribution < 1.29 is 0 Å². The van der Waals surface area contributed by atoms with Gasteiger partial charge in [-0.2, -0.15) is 0 Å². The van der Waals surface area contributed by atoms with Crippen LogP contribution in [0.4, 0.5) is 0 Å². The molecule has 0 radical (unpaired) electrons. The van der Waals surface area contributed by atoms with Crippen LogP contribution in [-0.4, -0.2) is 20.6 Å². The molecule has 0 saturated carbocycles. The third kappa shape index (κ3) is 5.18. The van der Waals surface area contributed by atoms with E-state index in [1.807, 2.05) is 0 Å². The van der Waals surface area contributed by atoms with Crippen LogP contribution >= 0.6 is 0 Å². The average Bonchev–Trinajstić information content (AvgIpc) is 3.19. The molecule has 0 N–H and O–H groups in total. The Bertz CT molecular complexity index is 779. The van der Waals surface area contributed by atoms with Gasteiger partial charge in [0.25, 0.3) is 0 Å². The maximum absolute atomic E-state index is 3.36. The minimum Gasteiger partial charge on any atom is -0.136 e. The first-order valence-electron chi connectivity index (χ1n) is 8.39. The summed E-state index contributed by atoms with van der Waals surface area (Å²) >= 11 is 0. The number of fused-ring (bicyclic) bond motifs is 2. The van der Waals surface area contributed by atoms with Gasteiger partial charge >= 0.3 is 0 Å². The number of hydrogen-bond donors (Lipinski definition) is 0. The van der Waals surface area contributed by atoms with Crippen LogP contribution in [0.25, 0.3) is 10.8 Å². The molecule has 25 heavy (non-hydrogen) atoms. The Kier molecular flexibility index (Phi) is 6.17. The molecular formula is C21H20N4. The molecular weight excluding hydrogens is 308 g/mol. The summed E-state index contributed by atoms with van der Waals surface area (Å²) in [5, 5.41) is 15.7. The van der Waals surface area contributed by atoms with E-state index >= 15 is 0 Å². The smallest absolute Gasteiger partial charge is 0.0716 e. The summed E-state index contributed by atoms with van der Waals surface area (Å²) in [5.74, 6) is 0. The molecule has 4 heteroatoms. The molecule has 0 saturated heterocycles. The highest BCUT2D eigenvalue weighted by molar-refractivity contribution is 5.81. The predicted molar refractivity (Wildman–Crippen MR) is 100 cm³/mol. The monoisotopic (exact) mass is 328 g/mol. The van der Waals surface area contributed by atoms with Crippen molar-refractivity contribution in [2.24, 2.45) is 0 Å². The molecule has 0 unspecified atom stereocenters. The standard InChI is InChI=1S/C10H8.C9H10.C2H2N4/c1-2-6-10-8-4-3-7-9(10)5-1;1-2-5-9-7-3-6-8(9)4-1;1-2-4-6-5-3-1/h1-8H;1-2,4-5H,3,6-7H2;1-2H. The van der Waals surface area contributed by atoms with Crippen molar-refractivity contribution in [1.82, 2.24) is 20.6 Å². The SMILES string of the molecule is c1ccc2c(c1)CCC2.c1ccc2ccccc2c1.c1cnnnn1. The molecule has 1 aliphatic carbocycles. The van der Waals surface area contributed by atoms with E-state index in [9.17, 15) is 0 Å². The molecule has 5 rings (SSSR count). The second-order valence-corrected chi connectivity index (χ2v) is 5.68. The molecule has 4 aromatic rings. The van der Waals surface area contributed by atoms with E-state index < -0.39 is 0 Å². The zero-order chi connectivity index (χ0) is 17.2. The fourth-order valence-electron chi connectivity index (χ4n) is 2.81. The van der Waals surface area contributed by atoms with E-state index in [-0.39, 0.29) is 0 Å². The first kappa shape index (κ1) is 16.7. The maximum Gasteiger partial charge on any atom is 0.0716 e. The van der Waals surface area contributed by atoms with E-state index in [2.05, 4.69) is 93.4 Å². The molecule has 1 heterocycles. The van der Waals surface area contributed by atoms with Crippen molar-refractivity contribution in [3.05, 3.63) is 96.3 Å². The van der Waals surface area contributed by atoms with Crippen molar-refractivity contribution >= 4 is 10.8 Å². The molecule has 124 valence electrons. The van der Waals surface area contributed by atoms with Gasteiger partial charge in [-0.15, -0.1) is 10.2 Å². The van der Waals surface area contributed by atoms with Crippen LogP contribution in [0.15, 0.2) is 85.2 Å². The van der Waals surface area contributed by atoms with Gasteiger partial charge in [0.15, 0.2) is 0 Å². The zero-order valence-corrected chi connectivity index (χ0v) is 14.0. The number of hydrogen-bond acceptors (Lipinski definition) is 4. The Morgan fingerprint density at radius 1 is 0.520 bits per heavy atom. The lowest BCUT2D eigenvalue weighted by molar-refractivity contribution is 0.761. The molecule has 0 amide bonds. The summed E-state index contributed by atoms with van der Waals surface area (Å²) in [5.41, 5.74) is 3.13. The maximum atomic E-state index is 3.36. The first-order valence-corrected chi connectivity index (χ1v) is 8.39. The van der Waals surface area contributed by atoms with Gasteiger partial charge in [0.05, 0.1) is 12.4 Å². The van der Waals surface area contributed by atoms with Gasteiger partial charge in [-0.1, -0.05) is 72.8 Å². The summed E-state index contributed by atoms with van der Waals surface area (Å²) in [6.45, 7) is 0. The molecule has 0 fully saturated rings. The summed E-state index contributed by atoms with van der Waals surface area (Å²) in [4.78, 5) is 0. The van der Waals surface area contributed by atoms with E-state index in [0.29, 0.717) is 0 Å². The van der Waals surface area contributed by atoms with E-state index in [1.54, 1.807) is 11.1 Å². The third-order valence-electron chi connectivity index (χ3n) is 4.01. The Labute approximate surface area is 147 Å². The quantitative estimate of drug-likeness (QED) is 0.483. The Morgan fingerprint density at radius 2 is 0.920 bits per heavy atom. The summed E-state index contributed by atoms with van der Waals surface area (Å²) in [6, 6.07) is 25.4. The Morgan fingerprint density at radius 3 is 1.28 bits per heavy atom. The van der Waals surface area contributed by atoms with Crippen LogP contribution in [0.5, 0.6) is 0 Å². The highest BCUT2D eigenvalue weighted by Gasteiger charge is 2.07. The van der Waals surface area contributed by atoms with E-state index in [1.165, 1.54) is 42.4 Å². The van der Waals surface area contributed by atoms with Crippen molar-refractivity contribution in [2.45, 2.75) is 19.3 Å². The molecule has 1 aromatic heterocycles. The minimum absolute atomic E-state index is 1.30. The fourth-order valence-corrected chi connectivity index (χ4v) is 2.81. The number of nitrogens with zero attached hydrogens (tertiary/aromatic N) is 4. The summed E-state index contributed by atoms with van der Waals surface area (Å²) in [6.07, 6.45) is 6.89. The van der Waals surface area contributed by atoms with Crippen molar-refractivity contribution in [1.29, 1.82) is 0 Å². The van der Waals surface area contributed by atoms with Gasteiger partial charge in [0.1, 0.15) is 0 Å². The van der Waals surface area contributed by atoms with Gasteiger partial charge in [-0.25, -0.2) is 0 Å². The van der Waals surface area contributed by atoms with Gasteiger partial charge in [-0.3, -0.25) is 0 Å². The molecule has 1 aliphatic rings. The molecule has 0 aliphatic heterocycles. The third-order valence-corrected chi connectivity index (χ3v) is 4.01. The fraction of sp³-hybridized carbons (Fsp3) is 0.143. The van der Waals surface area contributed by atoms with Crippen molar-refractivity contribution in [3.8, 4) is 0 Å². The topological polar surface area (TPSA) is 51.6 Å². The van der Waals surface area contributed by atoms with Crippen LogP contribution in [0.2, 0.25) is 0 Å². The summed E-state index contributed by atoms with van der Waals surface area (Å²) in [7, 11) is 0. The highest BCUT2D eigenvalue weighted by atomic mass is 15.4. The average molecular weight is 328 g/mol. The predicted octanol–water partition coefficient (Wildman–Crippen LogP) is 4.28. The van der Waals surface area contributed by atoms with Gasteiger partial charge in [-0.05, 0) is 51.6 Å². The van der Waals surface area contributed by atoms with Crippen LogP contribution in [-0.2, 0) is 12.8 Å². The van der Waals surface area contributed by atoms with Crippen LogP contribution < -0.4 is 0 Å². The Hall–Kier alpha value is -3.14. The lowest BCUT2D eigenvalue weighted by Gasteiger charge is -1.93. The van der Waals surface area contributed by atoms with Crippen LogP contribution in [0, 0.1) is 0 Å². The second-order valence-electron chi connectivity index (χ2n) is 5.68. The lowest BCUT2D eigenvalue weighted by Crippen LogP contribution is -1.84. The van der Waals surface area contributed by atoms with Gasteiger partial charge in [0, 0.05) is 0 Å². The molecule has 0 atom stereocenters. The second kappa shape index (κ2) is 9.23.